The zero-order valence-electron chi connectivity index (χ0n) is 33.0. The van der Waals surface area contributed by atoms with E-state index in [0.29, 0.717) is 48.6 Å². The van der Waals surface area contributed by atoms with Gasteiger partial charge >= 0.3 is 12.3 Å². The SMILES string of the molecule is CC(C)(C)OC(=O)N1[C@@H]2CC[C@H]1C[C@@H](c1nc3c(-c4ccc(C(O)C(F)(F)F)nc4)cnn3c(N(COCC[Si](C)(C)C)COCC[Si](C)(C)C)c1Br)C2. The predicted octanol–water partition coefficient (Wildman–Crippen LogP) is 9.23. The maximum atomic E-state index is 13.3. The van der Waals surface area contributed by atoms with Crippen LogP contribution >= 0.6 is 15.9 Å². The fraction of sp³-hybridized carbons (Fsp3) is 0.676. The number of aromatic nitrogens is 4. The van der Waals surface area contributed by atoms with Crippen molar-refractivity contribution in [2.24, 2.45) is 0 Å². The van der Waals surface area contributed by atoms with E-state index in [1.807, 2.05) is 30.6 Å². The van der Waals surface area contributed by atoms with Gasteiger partial charge in [0.05, 0.1) is 22.1 Å². The number of carbonyl (C=O) groups excluding carboxylic acids is 1. The number of piperidine rings is 1. The van der Waals surface area contributed by atoms with Crippen molar-refractivity contribution in [2.75, 3.05) is 31.6 Å². The molecule has 1 N–H and O–H groups in total. The number of ether oxygens (including phenoxy) is 3. The Balaban J connectivity index is 1.57. The lowest BCUT2D eigenvalue weighted by atomic mass is 9.88. The Kier molecular flexibility index (Phi) is 13.0. The molecule has 300 valence electrons. The molecule has 0 aliphatic carbocycles. The number of fused-ring (bicyclic) bond motifs is 3. The van der Waals surface area contributed by atoms with Crippen LogP contribution in [0.3, 0.4) is 0 Å². The summed E-state index contributed by atoms with van der Waals surface area (Å²) in [5.74, 6) is 0.660. The average Bonchev–Trinajstić information content (AvgIpc) is 3.59. The van der Waals surface area contributed by atoms with Gasteiger partial charge in [-0.1, -0.05) is 45.3 Å². The molecule has 2 saturated heterocycles. The van der Waals surface area contributed by atoms with Crippen molar-refractivity contribution in [1.29, 1.82) is 0 Å². The number of alkyl halides is 3. The van der Waals surface area contributed by atoms with E-state index in [-0.39, 0.29) is 37.6 Å². The Morgan fingerprint density at radius 1 is 0.981 bits per heavy atom. The maximum absolute atomic E-state index is 13.3. The quantitative estimate of drug-likeness (QED) is 0.0963. The lowest BCUT2D eigenvalue weighted by Gasteiger charge is -2.39. The van der Waals surface area contributed by atoms with Gasteiger partial charge in [0.1, 0.15) is 19.1 Å². The Labute approximate surface area is 327 Å². The highest BCUT2D eigenvalue weighted by Gasteiger charge is 2.46. The number of anilines is 1. The summed E-state index contributed by atoms with van der Waals surface area (Å²) in [5.41, 5.74) is 1.25. The van der Waals surface area contributed by atoms with E-state index >= 15 is 0 Å². The van der Waals surface area contributed by atoms with Crippen LogP contribution in [0.25, 0.3) is 16.8 Å². The van der Waals surface area contributed by atoms with E-state index in [2.05, 4.69) is 60.2 Å². The highest BCUT2D eigenvalue weighted by atomic mass is 79.9. The Morgan fingerprint density at radius 2 is 1.56 bits per heavy atom. The van der Waals surface area contributed by atoms with E-state index in [4.69, 9.17) is 24.3 Å². The topological polar surface area (TPSA) is 115 Å². The van der Waals surface area contributed by atoms with Crippen LogP contribution in [0.5, 0.6) is 0 Å². The molecule has 5 rings (SSSR count). The number of amides is 1. The van der Waals surface area contributed by atoms with Gasteiger partial charge in [0, 0.05) is 64.7 Å². The van der Waals surface area contributed by atoms with Gasteiger partial charge in [0.15, 0.2) is 17.6 Å². The van der Waals surface area contributed by atoms with Crippen molar-refractivity contribution in [3.8, 4) is 11.1 Å². The molecule has 0 radical (unpaired) electrons. The van der Waals surface area contributed by atoms with E-state index < -0.39 is 39.7 Å². The standard InChI is InChI=1S/C37H56BrF3N6O5Si2/c1-36(2,3)52-35(49)46-26-11-12-27(46)19-25(18-26)31-30(38)34(45(22-50-14-16-53(4,5)6)23-51-15-17-54(7,8)9)47-33(44-31)28(21-43-47)24-10-13-29(42-20-24)32(48)37(39,40)41/h10,13,20-21,25-27,32,48H,11-12,14-19,22-23H2,1-9H3/t25-,26+,27-,32?. The average molecular weight is 858 g/mol. The van der Waals surface area contributed by atoms with Crippen LogP contribution in [-0.2, 0) is 14.2 Å². The second-order valence-electron chi connectivity index (χ2n) is 18.0. The summed E-state index contributed by atoms with van der Waals surface area (Å²) in [5, 5.41) is 14.6. The lowest BCUT2D eigenvalue weighted by molar-refractivity contribution is -0.207. The highest BCUT2D eigenvalue weighted by Crippen LogP contribution is 2.47. The van der Waals surface area contributed by atoms with Crippen LogP contribution in [0, 0.1) is 0 Å². The summed E-state index contributed by atoms with van der Waals surface area (Å²) >= 11 is 3.96. The minimum Gasteiger partial charge on any atom is -0.444 e. The number of carbonyl (C=O) groups is 1. The largest absolute Gasteiger partial charge is 0.444 e. The first kappa shape index (κ1) is 42.6. The molecule has 0 aromatic carbocycles. The smallest absolute Gasteiger partial charge is 0.420 e. The van der Waals surface area contributed by atoms with Crippen molar-refractivity contribution in [3.63, 3.8) is 0 Å². The highest BCUT2D eigenvalue weighted by molar-refractivity contribution is 9.10. The summed E-state index contributed by atoms with van der Waals surface area (Å²) in [6.45, 7) is 21.1. The number of aliphatic hydroxyl groups is 1. The molecule has 11 nitrogen and oxygen atoms in total. The van der Waals surface area contributed by atoms with Crippen LogP contribution in [0.1, 0.15) is 69.9 Å². The number of halogens is 4. The second-order valence-corrected chi connectivity index (χ2v) is 30.1. The molecule has 2 aliphatic rings. The molecule has 1 unspecified atom stereocenters. The van der Waals surface area contributed by atoms with Crippen LogP contribution in [0.2, 0.25) is 51.4 Å². The molecule has 0 spiro atoms. The van der Waals surface area contributed by atoms with E-state index in [1.54, 1.807) is 10.7 Å². The zero-order valence-corrected chi connectivity index (χ0v) is 36.6. The first-order valence-corrected chi connectivity index (χ1v) is 26.9. The summed E-state index contributed by atoms with van der Waals surface area (Å²) in [6, 6.07) is 4.63. The molecular formula is C37H56BrF3N6O5Si2. The van der Waals surface area contributed by atoms with Crippen molar-refractivity contribution < 1.29 is 37.3 Å². The van der Waals surface area contributed by atoms with Gasteiger partial charge in [0.25, 0.3) is 0 Å². The fourth-order valence-electron chi connectivity index (χ4n) is 6.90. The predicted molar refractivity (Wildman–Crippen MR) is 212 cm³/mol. The Bertz CT molecular complexity index is 1720. The molecule has 54 heavy (non-hydrogen) atoms. The molecule has 3 aromatic heterocycles. The van der Waals surface area contributed by atoms with Crippen molar-refractivity contribution in [1.82, 2.24) is 24.5 Å². The summed E-state index contributed by atoms with van der Waals surface area (Å²) in [7, 11) is -2.73. The zero-order chi connectivity index (χ0) is 39.8. The summed E-state index contributed by atoms with van der Waals surface area (Å²) < 4.78 is 60.7. The Morgan fingerprint density at radius 3 is 2.04 bits per heavy atom. The third kappa shape index (κ3) is 10.6. The lowest BCUT2D eigenvalue weighted by Crippen LogP contribution is -2.48. The number of hydrogen-bond donors (Lipinski definition) is 1. The van der Waals surface area contributed by atoms with E-state index in [9.17, 15) is 23.1 Å². The van der Waals surface area contributed by atoms with Gasteiger partial charge in [-0.2, -0.15) is 22.8 Å². The number of pyridine rings is 1. The minimum absolute atomic E-state index is 0.0101. The van der Waals surface area contributed by atoms with Gasteiger partial charge in [-0.15, -0.1) is 0 Å². The van der Waals surface area contributed by atoms with Crippen LogP contribution in [-0.4, -0.2) is 102 Å². The second kappa shape index (κ2) is 16.5. The van der Waals surface area contributed by atoms with Gasteiger partial charge in [-0.25, -0.2) is 9.78 Å². The fourth-order valence-corrected chi connectivity index (χ4v) is 9.24. The first-order valence-electron chi connectivity index (χ1n) is 18.7. The third-order valence-electron chi connectivity index (χ3n) is 9.79. The van der Waals surface area contributed by atoms with Crippen molar-refractivity contribution in [2.45, 2.75) is 134 Å². The molecule has 1 amide bonds. The molecule has 5 heterocycles. The van der Waals surface area contributed by atoms with Gasteiger partial charge in [0.2, 0.25) is 0 Å². The molecule has 4 atom stereocenters. The third-order valence-corrected chi connectivity index (χ3v) is 14.0. The molecule has 3 aromatic rings. The van der Waals surface area contributed by atoms with Gasteiger partial charge in [-0.3, -0.25) is 4.98 Å². The van der Waals surface area contributed by atoms with Gasteiger partial charge in [-0.05, 0) is 80.5 Å². The molecule has 2 fully saturated rings. The van der Waals surface area contributed by atoms with Gasteiger partial charge < -0.3 is 29.1 Å². The molecular weight excluding hydrogens is 802 g/mol. The van der Waals surface area contributed by atoms with E-state index in [1.165, 1.54) is 18.3 Å². The van der Waals surface area contributed by atoms with Crippen LogP contribution < -0.4 is 4.90 Å². The maximum Gasteiger partial charge on any atom is 0.420 e. The number of aliphatic hydroxyl groups excluding tert-OH is 1. The normalized spacial score (nSPS) is 20.1. The van der Waals surface area contributed by atoms with Crippen molar-refractivity contribution >= 4 is 49.6 Å². The number of nitrogens with zero attached hydrogens (tertiary/aromatic N) is 6. The van der Waals surface area contributed by atoms with Crippen molar-refractivity contribution in [3.05, 3.63) is 40.4 Å². The van der Waals surface area contributed by atoms with Crippen LogP contribution in [0.15, 0.2) is 29.0 Å². The first-order chi connectivity index (χ1) is 25.0. The van der Waals surface area contributed by atoms with E-state index in [0.717, 1.165) is 35.1 Å². The molecule has 2 aliphatic heterocycles. The molecule has 17 heteroatoms. The molecule has 2 bridgehead atoms. The Hall–Kier alpha value is -2.58. The van der Waals surface area contributed by atoms with Crippen LogP contribution in [0.4, 0.5) is 23.8 Å². The summed E-state index contributed by atoms with van der Waals surface area (Å²) in [4.78, 5) is 26.4. The molecule has 0 saturated carbocycles. The summed E-state index contributed by atoms with van der Waals surface area (Å²) in [6.07, 6.45) is -1.78. The number of rotatable bonds is 14. The monoisotopic (exact) mass is 856 g/mol. The number of hydrogen-bond acceptors (Lipinski definition) is 9. The minimum atomic E-state index is -4.84.